The molecule has 1 amide bonds. The van der Waals surface area contributed by atoms with E-state index in [2.05, 4.69) is 38.6 Å². The second-order valence-electron chi connectivity index (χ2n) is 8.03. The summed E-state index contributed by atoms with van der Waals surface area (Å²) in [5.41, 5.74) is 6.54. The summed E-state index contributed by atoms with van der Waals surface area (Å²) in [6.07, 6.45) is -2.59. The zero-order valence-corrected chi connectivity index (χ0v) is 17.1. The first kappa shape index (κ1) is 22.1. The van der Waals surface area contributed by atoms with Crippen LogP contribution in [0.1, 0.15) is 32.6 Å². The van der Waals surface area contributed by atoms with Gasteiger partial charge in [-0.2, -0.15) is 13.2 Å². The number of thioether (sulfide) groups is 1. The van der Waals surface area contributed by atoms with Crippen molar-refractivity contribution >= 4 is 17.7 Å². The molecule has 0 radical (unpaired) electrons. The highest BCUT2D eigenvalue weighted by molar-refractivity contribution is 8.00. The van der Waals surface area contributed by atoms with Gasteiger partial charge in [-0.15, -0.1) is 11.8 Å². The first-order valence-electron chi connectivity index (χ1n) is 9.92. The molecule has 5 N–H and O–H groups in total. The lowest BCUT2D eigenvalue weighted by Crippen LogP contribution is -2.59. The van der Waals surface area contributed by atoms with E-state index in [1.54, 1.807) is 0 Å². The SMILES string of the molecule is CC(SC1NNCN1C)C1CNCC(NC(=O)C2CCCC(C(F)(F)F)N2)C1. The monoisotopic (exact) mass is 424 g/mol. The number of hydrazine groups is 1. The van der Waals surface area contributed by atoms with E-state index in [4.69, 9.17) is 0 Å². The molecule has 11 heteroatoms. The molecule has 0 spiro atoms. The molecule has 3 aliphatic heterocycles. The average Bonchev–Trinajstić information content (AvgIpc) is 3.06. The molecule has 28 heavy (non-hydrogen) atoms. The van der Waals surface area contributed by atoms with Gasteiger partial charge in [-0.05, 0) is 45.2 Å². The summed E-state index contributed by atoms with van der Waals surface area (Å²) in [4.78, 5) is 14.7. The lowest BCUT2D eigenvalue weighted by molar-refractivity contribution is -0.164. The molecule has 7 nitrogen and oxygen atoms in total. The number of carbonyl (C=O) groups is 1. The van der Waals surface area contributed by atoms with Crippen LogP contribution in [-0.4, -0.2) is 72.7 Å². The molecule has 3 rings (SSSR count). The maximum absolute atomic E-state index is 13.0. The third-order valence-electron chi connectivity index (χ3n) is 5.79. The molecule has 3 saturated heterocycles. The van der Waals surface area contributed by atoms with Crippen LogP contribution in [0.3, 0.4) is 0 Å². The fourth-order valence-corrected chi connectivity index (χ4v) is 5.32. The Morgan fingerprint density at radius 2 is 2.07 bits per heavy atom. The Kier molecular flexibility index (Phi) is 7.48. The van der Waals surface area contributed by atoms with Gasteiger partial charge in [0, 0.05) is 17.8 Å². The van der Waals surface area contributed by atoms with Gasteiger partial charge in [0.1, 0.15) is 11.5 Å². The Morgan fingerprint density at radius 1 is 1.29 bits per heavy atom. The second kappa shape index (κ2) is 9.48. The third-order valence-corrected chi connectivity index (χ3v) is 7.34. The molecule has 3 fully saturated rings. The molecular weight excluding hydrogens is 393 g/mol. The first-order valence-corrected chi connectivity index (χ1v) is 10.9. The van der Waals surface area contributed by atoms with Crippen molar-refractivity contribution in [3.63, 3.8) is 0 Å². The highest BCUT2D eigenvalue weighted by Crippen LogP contribution is 2.30. The quantitative estimate of drug-likeness (QED) is 0.441. The Labute approximate surface area is 168 Å². The van der Waals surface area contributed by atoms with Gasteiger partial charge in [-0.1, -0.05) is 6.92 Å². The molecule has 0 aliphatic carbocycles. The standard InChI is InChI=1S/C17H31F3N6OS/c1-10(28-16-25-22-9-26(16)2)11-6-12(8-21-7-11)23-15(27)13-4-3-5-14(24-13)17(18,19)20/h10-14,16,21-22,24-25H,3-9H2,1-2H3,(H,23,27). The van der Waals surface area contributed by atoms with Gasteiger partial charge in [0.2, 0.25) is 5.91 Å². The normalized spacial score (nSPS) is 36.2. The van der Waals surface area contributed by atoms with E-state index >= 15 is 0 Å². The summed E-state index contributed by atoms with van der Waals surface area (Å²) >= 11 is 1.84. The zero-order chi connectivity index (χ0) is 20.3. The number of hydrogen-bond donors (Lipinski definition) is 5. The summed E-state index contributed by atoms with van der Waals surface area (Å²) in [6, 6.07) is -2.42. The molecule has 6 unspecified atom stereocenters. The third kappa shape index (κ3) is 5.73. The highest BCUT2D eigenvalue weighted by atomic mass is 32.2. The molecule has 162 valence electrons. The maximum atomic E-state index is 13.0. The minimum absolute atomic E-state index is 0.0353. The van der Waals surface area contributed by atoms with Crippen LogP contribution in [0.5, 0.6) is 0 Å². The number of amides is 1. The van der Waals surface area contributed by atoms with Crippen LogP contribution in [0.15, 0.2) is 0 Å². The first-order chi connectivity index (χ1) is 13.2. The van der Waals surface area contributed by atoms with Crippen LogP contribution >= 0.6 is 11.8 Å². The summed E-state index contributed by atoms with van der Waals surface area (Å²) in [7, 11) is 2.05. The zero-order valence-electron chi connectivity index (χ0n) is 16.3. The van der Waals surface area contributed by atoms with E-state index in [0.29, 0.717) is 30.6 Å². The fourth-order valence-electron chi connectivity index (χ4n) is 4.05. The van der Waals surface area contributed by atoms with Gasteiger partial charge < -0.3 is 10.6 Å². The number of carbonyl (C=O) groups excluding carboxylic acids is 1. The molecule has 0 aromatic rings. The number of alkyl halides is 3. The van der Waals surface area contributed by atoms with Crippen LogP contribution < -0.4 is 26.8 Å². The van der Waals surface area contributed by atoms with E-state index in [-0.39, 0.29) is 23.9 Å². The minimum atomic E-state index is -4.31. The smallest absolute Gasteiger partial charge is 0.351 e. The van der Waals surface area contributed by atoms with Gasteiger partial charge >= 0.3 is 6.18 Å². The fraction of sp³-hybridized carbons (Fsp3) is 0.941. The van der Waals surface area contributed by atoms with E-state index < -0.39 is 18.3 Å². The van der Waals surface area contributed by atoms with Crippen molar-refractivity contribution in [1.82, 2.24) is 31.7 Å². The van der Waals surface area contributed by atoms with Crippen LogP contribution in [0.2, 0.25) is 0 Å². The summed E-state index contributed by atoms with van der Waals surface area (Å²) in [5.74, 6) is 0.0604. The van der Waals surface area contributed by atoms with Crippen molar-refractivity contribution in [2.24, 2.45) is 5.92 Å². The Hall–Kier alpha value is -0.590. The number of hydrogen-bond acceptors (Lipinski definition) is 7. The van der Waals surface area contributed by atoms with Gasteiger partial charge in [-0.3, -0.25) is 15.0 Å². The van der Waals surface area contributed by atoms with Gasteiger partial charge in [0.15, 0.2) is 0 Å². The minimum Gasteiger partial charge on any atom is -0.351 e. The molecule has 0 aromatic heterocycles. The topological polar surface area (TPSA) is 80.5 Å². The predicted molar refractivity (Wildman–Crippen MR) is 103 cm³/mol. The van der Waals surface area contributed by atoms with Crippen molar-refractivity contribution in [2.45, 2.75) is 67.7 Å². The molecular formula is C17H31F3N6OS. The van der Waals surface area contributed by atoms with Gasteiger partial charge in [0.25, 0.3) is 0 Å². The highest BCUT2D eigenvalue weighted by Gasteiger charge is 2.43. The average molecular weight is 425 g/mol. The summed E-state index contributed by atoms with van der Waals surface area (Å²) in [6.45, 7) is 4.51. The van der Waals surface area contributed by atoms with Crippen molar-refractivity contribution < 1.29 is 18.0 Å². The van der Waals surface area contributed by atoms with Crippen molar-refractivity contribution in [3.05, 3.63) is 0 Å². The lowest BCUT2D eigenvalue weighted by atomic mass is 9.92. The van der Waals surface area contributed by atoms with Crippen LogP contribution in [-0.2, 0) is 4.79 Å². The lowest BCUT2D eigenvalue weighted by Gasteiger charge is -2.37. The second-order valence-corrected chi connectivity index (χ2v) is 9.50. The molecule has 3 heterocycles. The maximum Gasteiger partial charge on any atom is 0.403 e. The Balaban J connectivity index is 1.48. The number of halogens is 3. The van der Waals surface area contributed by atoms with E-state index in [0.717, 1.165) is 19.6 Å². The van der Waals surface area contributed by atoms with Gasteiger partial charge in [0.05, 0.1) is 12.7 Å². The van der Waals surface area contributed by atoms with Crippen molar-refractivity contribution in [2.75, 3.05) is 26.8 Å². The Bertz CT molecular complexity index is 540. The van der Waals surface area contributed by atoms with Crippen LogP contribution in [0, 0.1) is 5.92 Å². The van der Waals surface area contributed by atoms with E-state index in [9.17, 15) is 18.0 Å². The number of nitrogens with one attached hydrogen (secondary N) is 5. The number of nitrogens with zero attached hydrogens (tertiary/aromatic N) is 1. The molecule has 0 bridgehead atoms. The predicted octanol–water partition coefficient (Wildman–Crippen LogP) is 0.556. The number of piperidine rings is 2. The summed E-state index contributed by atoms with van der Waals surface area (Å²) in [5, 5.41) is 9.19. The van der Waals surface area contributed by atoms with Crippen LogP contribution in [0.25, 0.3) is 0 Å². The van der Waals surface area contributed by atoms with E-state index in [1.807, 2.05) is 18.8 Å². The number of rotatable bonds is 5. The molecule has 0 saturated carbocycles. The molecule has 6 atom stereocenters. The van der Waals surface area contributed by atoms with E-state index in [1.165, 1.54) is 0 Å². The van der Waals surface area contributed by atoms with Crippen LogP contribution in [0.4, 0.5) is 13.2 Å². The summed E-state index contributed by atoms with van der Waals surface area (Å²) < 4.78 is 38.9. The molecule has 0 aromatic carbocycles. The van der Waals surface area contributed by atoms with Gasteiger partial charge in [-0.25, -0.2) is 10.9 Å². The van der Waals surface area contributed by atoms with Crippen molar-refractivity contribution in [3.8, 4) is 0 Å². The largest absolute Gasteiger partial charge is 0.403 e. The Morgan fingerprint density at radius 3 is 2.75 bits per heavy atom. The van der Waals surface area contributed by atoms with Crippen molar-refractivity contribution in [1.29, 1.82) is 0 Å². The molecule has 3 aliphatic rings.